The first kappa shape index (κ1) is 11.3. The molecule has 15 heavy (non-hydrogen) atoms. The highest BCUT2D eigenvalue weighted by Gasteiger charge is 2.08. The van der Waals surface area contributed by atoms with Gasteiger partial charge >= 0.3 is 5.97 Å². The van der Waals surface area contributed by atoms with E-state index < -0.39 is 5.97 Å². The fourth-order valence-corrected chi connectivity index (χ4v) is 1.18. The molecule has 0 saturated heterocycles. The van der Waals surface area contributed by atoms with Crippen molar-refractivity contribution in [1.82, 2.24) is 0 Å². The first-order valence-corrected chi connectivity index (χ1v) is 4.64. The summed E-state index contributed by atoms with van der Waals surface area (Å²) in [5.41, 5.74) is 1.12. The van der Waals surface area contributed by atoms with Crippen LogP contribution in [0.5, 0.6) is 0 Å². The molecule has 0 amide bonds. The molecule has 0 fully saturated rings. The summed E-state index contributed by atoms with van der Waals surface area (Å²) in [6, 6.07) is 9.83. The van der Waals surface area contributed by atoms with Crippen LogP contribution in [0.25, 0.3) is 0 Å². The summed E-state index contributed by atoms with van der Waals surface area (Å²) >= 11 is 0. The minimum atomic E-state index is -0.451. The Morgan fingerprint density at radius 3 is 2.40 bits per heavy atom. The lowest BCUT2D eigenvalue weighted by molar-refractivity contribution is -0.139. The number of rotatable bonds is 4. The Hall–Kier alpha value is -1.77. The summed E-state index contributed by atoms with van der Waals surface area (Å²) in [5.74, 6) is -0.213. The standard InChI is InChI=1S/C12H14O3/c1-14-11(12(13)15-2)9-8-10-6-4-3-5-7-10/h3-7,9H,8H2,1-2H3/b11-9-. The lowest BCUT2D eigenvalue weighted by Gasteiger charge is -2.03. The van der Waals surface area contributed by atoms with Gasteiger partial charge in [-0.2, -0.15) is 0 Å². The third-order valence-corrected chi connectivity index (χ3v) is 1.97. The number of esters is 1. The van der Waals surface area contributed by atoms with Crippen molar-refractivity contribution < 1.29 is 14.3 Å². The van der Waals surface area contributed by atoms with Crippen LogP contribution in [0.1, 0.15) is 5.56 Å². The topological polar surface area (TPSA) is 35.5 Å². The number of methoxy groups -OCH3 is 2. The molecule has 3 heteroatoms. The number of hydrogen-bond donors (Lipinski definition) is 0. The molecule has 0 aromatic heterocycles. The monoisotopic (exact) mass is 206 g/mol. The normalized spacial score (nSPS) is 10.9. The summed E-state index contributed by atoms with van der Waals surface area (Å²) < 4.78 is 9.47. The van der Waals surface area contributed by atoms with Crippen molar-refractivity contribution in [2.45, 2.75) is 6.42 Å². The molecule has 0 spiro atoms. The van der Waals surface area contributed by atoms with Crippen LogP contribution in [-0.2, 0) is 20.7 Å². The quantitative estimate of drug-likeness (QED) is 0.429. The maximum Gasteiger partial charge on any atom is 0.372 e. The Morgan fingerprint density at radius 1 is 1.20 bits per heavy atom. The molecule has 80 valence electrons. The molecule has 0 saturated carbocycles. The van der Waals surface area contributed by atoms with Gasteiger partial charge in [-0.05, 0) is 18.1 Å². The summed E-state index contributed by atoms with van der Waals surface area (Å²) in [4.78, 5) is 11.1. The van der Waals surface area contributed by atoms with E-state index in [1.165, 1.54) is 14.2 Å². The van der Waals surface area contributed by atoms with E-state index in [4.69, 9.17) is 4.74 Å². The number of carbonyl (C=O) groups excluding carboxylic acids is 1. The van der Waals surface area contributed by atoms with Gasteiger partial charge in [-0.1, -0.05) is 30.3 Å². The van der Waals surface area contributed by atoms with Gasteiger partial charge in [-0.15, -0.1) is 0 Å². The van der Waals surface area contributed by atoms with Crippen molar-refractivity contribution in [1.29, 1.82) is 0 Å². The number of benzene rings is 1. The van der Waals surface area contributed by atoms with Crippen molar-refractivity contribution in [3.8, 4) is 0 Å². The molecular weight excluding hydrogens is 192 g/mol. The average molecular weight is 206 g/mol. The minimum Gasteiger partial charge on any atom is -0.490 e. The minimum absolute atomic E-state index is 0.237. The van der Waals surface area contributed by atoms with Crippen LogP contribution in [0.4, 0.5) is 0 Å². The van der Waals surface area contributed by atoms with E-state index in [0.717, 1.165) is 5.56 Å². The number of hydrogen-bond acceptors (Lipinski definition) is 3. The molecule has 0 heterocycles. The zero-order chi connectivity index (χ0) is 11.1. The highest BCUT2D eigenvalue weighted by Crippen LogP contribution is 2.05. The van der Waals surface area contributed by atoms with Gasteiger partial charge in [0.2, 0.25) is 5.76 Å². The van der Waals surface area contributed by atoms with Crippen LogP contribution in [0.3, 0.4) is 0 Å². The van der Waals surface area contributed by atoms with Gasteiger partial charge in [-0.3, -0.25) is 0 Å². The lowest BCUT2D eigenvalue weighted by Crippen LogP contribution is -2.06. The van der Waals surface area contributed by atoms with Crippen LogP contribution >= 0.6 is 0 Å². The third kappa shape index (κ3) is 3.46. The Balaban J connectivity index is 2.67. The maximum absolute atomic E-state index is 11.1. The van der Waals surface area contributed by atoms with Crippen LogP contribution in [-0.4, -0.2) is 20.2 Å². The van der Waals surface area contributed by atoms with E-state index in [9.17, 15) is 4.79 Å². The van der Waals surface area contributed by atoms with Crippen molar-refractivity contribution in [2.75, 3.05) is 14.2 Å². The van der Waals surface area contributed by atoms with Gasteiger partial charge in [-0.25, -0.2) is 4.79 Å². The fraction of sp³-hybridized carbons (Fsp3) is 0.250. The zero-order valence-corrected chi connectivity index (χ0v) is 8.90. The zero-order valence-electron chi connectivity index (χ0n) is 8.90. The Bertz CT molecular complexity index is 341. The SMILES string of the molecule is COC(=O)/C(=C/Cc1ccccc1)OC. The third-order valence-electron chi connectivity index (χ3n) is 1.97. The van der Waals surface area contributed by atoms with Crippen LogP contribution < -0.4 is 0 Å². The number of ether oxygens (including phenoxy) is 2. The fourth-order valence-electron chi connectivity index (χ4n) is 1.18. The summed E-state index contributed by atoms with van der Waals surface area (Å²) in [5, 5.41) is 0. The van der Waals surface area contributed by atoms with Gasteiger partial charge < -0.3 is 9.47 Å². The second kappa shape index (κ2) is 5.86. The van der Waals surface area contributed by atoms with E-state index in [2.05, 4.69) is 4.74 Å². The molecule has 0 bridgehead atoms. The van der Waals surface area contributed by atoms with Gasteiger partial charge in [0.05, 0.1) is 14.2 Å². The first-order chi connectivity index (χ1) is 7.27. The molecule has 0 aliphatic rings. The maximum atomic E-state index is 11.1. The molecule has 0 unspecified atom stereocenters. The molecule has 1 rings (SSSR count). The van der Waals surface area contributed by atoms with Crippen LogP contribution in [0.2, 0.25) is 0 Å². The molecule has 3 nitrogen and oxygen atoms in total. The van der Waals surface area contributed by atoms with Crippen molar-refractivity contribution >= 4 is 5.97 Å². The molecule has 0 N–H and O–H groups in total. The highest BCUT2D eigenvalue weighted by molar-refractivity contribution is 5.86. The second-order valence-electron chi connectivity index (χ2n) is 2.95. The molecule has 0 radical (unpaired) electrons. The Morgan fingerprint density at radius 2 is 1.87 bits per heavy atom. The lowest BCUT2D eigenvalue weighted by atomic mass is 10.1. The van der Waals surface area contributed by atoms with Crippen LogP contribution in [0.15, 0.2) is 42.2 Å². The second-order valence-corrected chi connectivity index (χ2v) is 2.95. The van der Waals surface area contributed by atoms with Gasteiger partial charge in [0.25, 0.3) is 0 Å². The van der Waals surface area contributed by atoms with Crippen molar-refractivity contribution in [3.05, 3.63) is 47.7 Å². The Labute approximate surface area is 89.3 Å². The highest BCUT2D eigenvalue weighted by atomic mass is 16.6. The van der Waals surface area contributed by atoms with Gasteiger partial charge in [0.1, 0.15) is 0 Å². The molecule has 0 atom stereocenters. The molecule has 0 aliphatic heterocycles. The van der Waals surface area contributed by atoms with E-state index >= 15 is 0 Å². The van der Waals surface area contributed by atoms with E-state index in [-0.39, 0.29) is 5.76 Å². The Kier molecular flexibility index (Phi) is 4.41. The van der Waals surface area contributed by atoms with E-state index in [1.807, 2.05) is 30.3 Å². The summed E-state index contributed by atoms with van der Waals surface area (Å²) in [6.07, 6.45) is 2.36. The van der Waals surface area contributed by atoms with Crippen LogP contribution in [0, 0.1) is 0 Å². The summed E-state index contributed by atoms with van der Waals surface area (Å²) in [7, 11) is 2.78. The smallest absolute Gasteiger partial charge is 0.372 e. The van der Waals surface area contributed by atoms with Gasteiger partial charge in [0.15, 0.2) is 0 Å². The molecular formula is C12H14O3. The van der Waals surface area contributed by atoms with E-state index in [1.54, 1.807) is 6.08 Å². The molecule has 0 aliphatic carbocycles. The molecule has 1 aromatic rings. The number of carbonyl (C=O) groups is 1. The largest absolute Gasteiger partial charge is 0.490 e. The summed E-state index contributed by atoms with van der Waals surface area (Å²) in [6.45, 7) is 0. The van der Waals surface area contributed by atoms with Crippen molar-refractivity contribution in [3.63, 3.8) is 0 Å². The van der Waals surface area contributed by atoms with Crippen molar-refractivity contribution in [2.24, 2.45) is 0 Å². The average Bonchev–Trinajstić information content (AvgIpc) is 2.31. The molecule has 1 aromatic carbocycles. The van der Waals surface area contributed by atoms with E-state index in [0.29, 0.717) is 6.42 Å². The predicted octanol–water partition coefficient (Wildman–Crippen LogP) is 1.93. The number of allylic oxidation sites excluding steroid dienone is 1. The predicted molar refractivity (Wildman–Crippen MR) is 57.3 cm³/mol. The van der Waals surface area contributed by atoms with Gasteiger partial charge in [0, 0.05) is 0 Å². The first-order valence-electron chi connectivity index (χ1n) is 4.64.